The van der Waals surface area contributed by atoms with E-state index in [0.717, 1.165) is 56.7 Å². The summed E-state index contributed by atoms with van der Waals surface area (Å²) in [7, 11) is 2.06. The van der Waals surface area contributed by atoms with Gasteiger partial charge in [0, 0.05) is 58.5 Å². The topological polar surface area (TPSA) is 63.7 Å². The first kappa shape index (κ1) is 23.1. The first-order valence-corrected chi connectivity index (χ1v) is 11.7. The molecule has 3 heterocycles. The van der Waals surface area contributed by atoms with E-state index < -0.39 is 0 Å². The molecule has 0 unspecified atom stereocenters. The number of anilines is 4. The molecule has 1 aromatic heterocycles. The maximum Gasteiger partial charge on any atom is 0.233 e. The van der Waals surface area contributed by atoms with Crippen LogP contribution in [-0.2, 0) is 0 Å². The standard InChI is InChI=1S/C23H30ClFN8/c1-4-31(5-2)22-27-21(26-18-9-6-8-17(25)16-18)28-23(29-22)33-14-12-32(13-15-33)20-19(24)10-7-11-30(20)3/h6-10,16H,4-5,11-15H2,1-3H3,(H,26,27,28,29). The number of halogens is 2. The van der Waals surface area contributed by atoms with Crippen LogP contribution in [0.1, 0.15) is 13.8 Å². The number of nitrogens with one attached hydrogen (secondary N) is 1. The van der Waals surface area contributed by atoms with Crippen molar-refractivity contribution in [2.24, 2.45) is 0 Å². The van der Waals surface area contributed by atoms with Gasteiger partial charge >= 0.3 is 0 Å². The fourth-order valence-electron chi connectivity index (χ4n) is 4.06. The first-order chi connectivity index (χ1) is 16.0. The number of allylic oxidation sites excluding steroid dienone is 2. The lowest BCUT2D eigenvalue weighted by Crippen LogP contribution is -2.49. The number of benzene rings is 1. The van der Waals surface area contributed by atoms with E-state index in [9.17, 15) is 4.39 Å². The second-order valence-corrected chi connectivity index (χ2v) is 8.40. The number of aromatic nitrogens is 3. The number of likely N-dealkylation sites (N-methyl/N-ethyl adjacent to an activating group) is 1. The molecule has 1 saturated heterocycles. The van der Waals surface area contributed by atoms with E-state index in [0.29, 0.717) is 23.5 Å². The van der Waals surface area contributed by atoms with Crippen molar-refractivity contribution < 1.29 is 4.39 Å². The summed E-state index contributed by atoms with van der Waals surface area (Å²) >= 11 is 6.48. The summed E-state index contributed by atoms with van der Waals surface area (Å²) < 4.78 is 13.7. The van der Waals surface area contributed by atoms with Crippen molar-refractivity contribution in [2.75, 3.05) is 68.0 Å². The summed E-state index contributed by atoms with van der Waals surface area (Å²) in [6.07, 6.45) is 4.03. The van der Waals surface area contributed by atoms with E-state index in [1.807, 2.05) is 6.08 Å². The van der Waals surface area contributed by atoms with Crippen molar-refractivity contribution in [3.8, 4) is 0 Å². The fraction of sp³-hybridized carbons (Fsp3) is 0.435. The number of hydrogen-bond donors (Lipinski definition) is 1. The molecule has 2 aliphatic rings. The van der Waals surface area contributed by atoms with Gasteiger partial charge in [-0.1, -0.05) is 23.7 Å². The van der Waals surface area contributed by atoms with E-state index in [1.54, 1.807) is 12.1 Å². The monoisotopic (exact) mass is 472 g/mol. The van der Waals surface area contributed by atoms with E-state index in [-0.39, 0.29) is 5.82 Å². The van der Waals surface area contributed by atoms with Gasteiger partial charge in [0.15, 0.2) is 0 Å². The Kier molecular flexibility index (Phi) is 7.17. The summed E-state index contributed by atoms with van der Waals surface area (Å²) in [6.45, 7) is 9.67. The fourth-order valence-corrected chi connectivity index (χ4v) is 4.42. The molecule has 0 spiro atoms. The van der Waals surface area contributed by atoms with E-state index in [1.165, 1.54) is 12.1 Å². The van der Waals surface area contributed by atoms with Crippen molar-refractivity contribution >= 4 is 35.1 Å². The molecule has 1 fully saturated rings. The summed E-state index contributed by atoms with van der Waals surface area (Å²) in [5.41, 5.74) is 0.595. The van der Waals surface area contributed by atoms with Gasteiger partial charge < -0.3 is 24.9 Å². The number of piperazine rings is 1. The molecule has 176 valence electrons. The Morgan fingerprint density at radius 1 is 1.06 bits per heavy atom. The summed E-state index contributed by atoms with van der Waals surface area (Å²) in [5.74, 6) is 2.37. The molecular formula is C23H30ClFN8. The molecule has 1 aromatic carbocycles. The molecule has 10 heteroatoms. The van der Waals surface area contributed by atoms with Crippen LogP contribution in [0, 0.1) is 5.82 Å². The third-order valence-electron chi connectivity index (χ3n) is 5.82. The predicted octanol–water partition coefficient (Wildman–Crippen LogP) is 3.63. The van der Waals surface area contributed by atoms with Crippen molar-refractivity contribution in [3.63, 3.8) is 0 Å². The lowest BCUT2D eigenvalue weighted by atomic mass is 10.2. The van der Waals surface area contributed by atoms with Crippen molar-refractivity contribution in [1.29, 1.82) is 0 Å². The molecule has 0 amide bonds. The molecule has 8 nitrogen and oxygen atoms in total. The zero-order valence-electron chi connectivity index (χ0n) is 19.3. The number of rotatable bonds is 7. The van der Waals surface area contributed by atoms with Crippen molar-refractivity contribution in [1.82, 2.24) is 24.8 Å². The Morgan fingerprint density at radius 3 is 2.45 bits per heavy atom. The SMILES string of the molecule is CCN(CC)c1nc(Nc2cccc(F)c2)nc(N2CCN(C3=C(Cl)C=CCN3C)CC2)n1. The van der Waals surface area contributed by atoms with E-state index in [4.69, 9.17) is 16.6 Å². The van der Waals surface area contributed by atoms with Crippen LogP contribution >= 0.6 is 11.6 Å². The lowest BCUT2D eigenvalue weighted by molar-refractivity contribution is 0.230. The number of hydrogen-bond acceptors (Lipinski definition) is 8. The molecule has 0 radical (unpaired) electrons. The van der Waals surface area contributed by atoms with Gasteiger partial charge in [-0.3, -0.25) is 0 Å². The third-order valence-corrected chi connectivity index (χ3v) is 6.11. The van der Waals surface area contributed by atoms with Gasteiger partial charge in [-0.2, -0.15) is 15.0 Å². The lowest BCUT2D eigenvalue weighted by Gasteiger charge is -2.41. The van der Waals surface area contributed by atoms with Gasteiger partial charge in [0.25, 0.3) is 0 Å². The molecule has 1 N–H and O–H groups in total. The molecular weight excluding hydrogens is 443 g/mol. The molecule has 0 saturated carbocycles. The van der Waals surface area contributed by atoms with Gasteiger partial charge in [-0.15, -0.1) is 0 Å². The van der Waals surface area contributed by atoms with E-state index >= 15 is 0 Å². The summed E-state index contributed by atoms with van der Waals surface area (Å²) in [4.78, 5) is 22.7. The Hall–Kier alpha value is -3.07. The van der Waals surface area contributed by atoms with E-state index in [2.05, 4.69) is 61.9 Å². The van der Waals surface area contributed by atoms with Crippen LogP contribution in [0.15, 0.2) is 47.3 Å². The second kappa shape index (κ2) is 10.2. The molecule has 0 bridgehead atoms. The van der Waals surface area contributed by atoms with Crippen LogP contribution in [0.4, 0.5) is 27.9 Å². The Morgan fingerprint density at radius 2 is 1.79 bits per heavy atom. The molecule has 2 aromatic rings. The predicted molar refractivity (Wildman–Crippen MR) is 132 cm³/mol. The summed E-state index contributed by atoms with van der Waals surface area (Å²) in [5, 5.41) is 3.90. The zero-order valence-corrected chi connectivity index (χ0v) is 20.1. The summed E-state index contributed by atoms with van der Waals surface area (Å²) in [6, 6.07) is 6.27. The van der Waals surface area contributed by atoms with Crippen molar-refractivity contribution in [3.05, 3.63) is 53.1 Å². The zero-order chi connectivity index (χ0) is 23.4. The van der Waals surface area contributed by atoms with Gasteiger partial charge in [0.2, 0.25) is 17.8 Å². The largest absolute Gasteiger partial charge is 0.356 e. The minimum Gasteiger partial charge on any atom is -0.356 e. The second-order valence-electron chi connectivity index (χ2n) is 8.00. The highest BCUT2D eigenvalue weighted by molar-refractivity contribution is 6.31. The minimum absolute atomic E-state index is 0.315. The minimum atomic E-state index is -0.315. The maximum atomic E-state index is 13.7. The van der Waals surface area contributed by atoms with Crippen LogP contribution in [-0.4, -0.2) is 77.6 Å². The highest BCUT2D eigenvalue weighted by Gasteiger charge is 2.26. The quantitative estimate of drug-likeness (QED) is 0.655. The molecule has 2 aliphatic heterocycles. The first-order valence-electron chi connectivity index (χ1n) is 11.3. The molecule has 0 aliphatic carbocycles. The highest BCUT2D eigenvalue weighted by atomic mass is 35.5. The molecule has 4 rings (SSSR count). The van der Waals surface area contributed by atoms with Crippen LogP contribution < -0.4 is 15.1 Å². The van der Waals surface area contributed by atoms with Crippen LogP contribution in [0.25, 0.3) is 0 Å². The van der Waals surface area contributed by atoms with Crippen LogP contribution in [0.5, 0.6) is 0 Å². The molecule has 0 atom stereocenters. The average Bonchev–Trinajstić information content (AvgIpc) is 2.80. The van der Waals surface area contributed by atoms with Crippen LogP contribution in [0.2, 0.25) is 0 Å². The van der Waals surface area contributed by atoms with Crippen LogP contribution in [0.3, 0.4) is 0 Å². The van der Waals surface area contributed by atoms with Crippen molar-refractivity contribution in [2.45, 2.75) is 13.8 Å². The Balaban J connectivity index is 1.56. The van der Waals surface area contributed by atoms with Gasteiger partial charge in [0.05, 0.1) is 5.03 Å². The molecule has 33 heavy (non-hydrogen) atoms. The average molecular weight is 473 g/mol. The third kappa shape index (κ3) is 5.30. The number of nitrogens with zero attached hydrogens (tertiary/aromatic N) is 7. The Bertz CT molecular complexity index is 1030. The smallest absolute Gasteiger partial charge is 0.233 e. The van der Waals surface area contributed by atoms with Gasteiger partial charge in [-0.25, -0.2) is 4.39 Å². The normalized spacial score (nSPS) is 16.5. The Labute approximate surface area is 199 Å². The van der Waals surface area contributed by atoms with Gasteiger partial charge in [-0.05, 0) is 38.1 Å². The highest BCUT2D eigenvalue weighted by Crippen LogP contribution is 2.26. The maximum absolute atomic E-state index is 13.7. The van der Waals surface area contributed by atoms with Gasteiger partial charge in [0.1, 0.15) is 11.6 Å².